The molecule has 0 amide bonds. The molecule has 346 valence electrons. The standard InChI is InChI=1S/C44H80O15/c1-3-5-7-9-11-13-15-16-17-19-21-23-25-27-36(47)57-32(29-54-35(46)26-24-22-20-18-14-12-10-8-6-4-2)30-55-43-42(53)40(51)38(49)34(59-43)31-56-44-41(52)39(50)37(48)33(28-45)58-44/h13,15,32-34,37-45,48-53H,3-12,14,16-31H2,1-2H3/b15-13+/t32-,33-,34-,37+,38+,39?,40?,41?,42?,43-,44-/m1/s1. The molecule has 2 fully saturated rings. The fourth-order valence-corrected chi connectivity index (χ4v) is 7.15. The molecule has 2 aliphatic heterocycles. The molecule has 0 aromatic carbocycles. The summed E-state index contributed by atoms with van der Waals surface area (Å²) in [5.74, 6) is -0.934. The van der Waals surface area contributed by atoms with Crippen LogP contribution in [0.25, 0.3) is 0 Å². The largest absolute Gasteiger partial charge is 0.462 e. The summed E-state index contributed by atoms with van der Waals surface area (Å²) in [5, 5.41) is 71.8. The van der Waals surface area contributed by atoms with Gasteiger partial charge >= 0.3 is 11.9 Å². The van der Waals surface area contributed by atoms with E-state index in [0.29, 0.717) is 12.8 Å². The molecule has 2 aliphatic rings. The molecule has 0 radical (unpaired) electrons. The first kappa shape index (κ1) is 53.4. The number of carbonyl (C=O) groups excluding carboxylic acids is 2. The first-order valence-corrected chi connectivity index (χ1v) is 22.8. The maximum Gasteiger partial charge on any atom is 0.306 e. The molecule has 59 heavy (non-hydrogen) atoms. The molecule has 2 rings (SSSR count). The zero-order chi connectivity index (χ0) is 43.3. The second-order valence-electron chi connectivity index (χ2n) is 16.2. The van der Waals surface area contributed by atoms with Crippen LogP contribution in [0, 0.1) is 0 Å². The van der Waals surface area contributed by atoms with Crippen molar-refractivity contribution in [3.8, 4) is 0 Å². The molecule has 0 bridgehead atoms. The van der Waals surface area contributed by atoms with Crippen LogP contribution in [0.3, 0.4) is 0 Å². The fourth-order valence-electron chi connectivity index (χ4n) is 7.15. The number of allylic oxidation sites excluding steroid dienone is 2. The molecule has 15 nitrogen and oxygen atoms in total. The normalized spacial score (nSPS) is 27.9. The zero-order valence-corrected chi connectivity index (χ0v) is 36.0. The summed E-state index contributed by atoms with van der Waals surface area (Å²) in [6, 6.07) is 0. The molecule has 15 heteroatoms. The van der Waals surface area contributed by atoms with Crippen molar-refractivity contribution >= 4 is 11.9 Å². The van der Waals surface area contributed by atoms with E-state index < -0.39 is 92.7 Å². The molecule has 7 N–H and O–H groups in total. The lowest BCUT2D eigenvalue weighted by Crippen LogP contribution is -2.61. The first-order chi connectivity index (χ1) is 28.5. The van der Waals surface area contributed by atoms with Crippen LogP contribution in [-0.4, -0.2) is 142 Å². The number of hydrogen-bond donors (Lipinski definition) is 7. The van der Waals surface area contributed by atoms with Crippen LogP contribution in [0.1, 0.15) is 162 Å². The Morgan fingerprint density at radius 2 is 0.966 bits per heavy atom. The smallest absolute Gasteiger partial charge is 0.306 e. The first-order valence-electron chi connectivity index (χ1n) is 22.8. The van der Waals surface area contributed by atoms with Crippen LogP contribution in [0.2, 0.25) is 0 Å². The summed E-state index contributed by atoms with van der Waals surface area (Å²) in [4.78, 5) is 25.5. The molecule has 0 aromatic heterocycles. The Hall–Kier alpha value is -1.76. The van der Waals surface area contributed by atoms with Crippen LogP contribution in [-0.2, 0) is 38.0 Å². The number of aliphatic hydroxyl groups is 7. The molecular formula is C44H80O15. The van der Waals surface area contributed by atoms with E-state index in [1.807, 2.05) is 0 Å². The van der Waals surface area contributed by atoms with Crippen molar-refractivity contribution in [3.63, 3.8) is 0 Å². The topological polar surface area (TPSA) is 231 Å². The van der Waals surface area contributed by atoms with E-state index in [0.717, 1.165) is 57.8 Å². The average Bonchev–Trinajstić information content (AvgIpc) is 3.23. The van der Waals surface area contributed by atoms with Gasteiger partial charge in [-0.3, -0.25) is 9.59 Å². The van der Waals surface area contributed by atoms with E-state index in [1.165, 1.54) is 64.2 Å². The second kappa shape index (κ2) is 32.9. The Bertz CT molecular complexity index is 1090. The van der Waals surface area contributed by atoms with Gasteiger partial charge in [0, 0.05) is 12.8 Å². The van der Waals surface area contributed by atoms with Crippen molar-refractivity contribution < 1.29 is 73.8 Å². The van der Waals surface area contributed by atoms with Crippen molar-refractivity contribution in [3.05, 3.63) is 12.2 Å². The third-order valence-corrected chi connectivity index (χ3v) is 11.0. The van der Waals surface area contributed by atoms with E-state index in [2.05, 4.69) is 26.0 Å². The summed E-state index contributed by atoms with van der Waals surface area (Å²) in [7, 11) is 0. The maximum absolute atomic E-state index is 12.9. The summed E-state index contributed by atoms with van der Waals surface area (Å²) < 4.78 is 33.4. The van der Waals surface area contributed by atoms with E-state index in [1.54, 1.807) is 0 Å². The lowest BCUT2D eigenvalue weighted by atomic mass is 9.98. The highest BCUT2D eigenvalue weighted by atomic mass is 16.7. The highest BCUT2D eigenvalue weighted by Gasteiger charge is 2.47. The van der Waals surface area contributed by atoms with Gasteiger partial charge in [0.05, 0.1) is 19.8 Å². The highest BCUT2D eigenvalue weighted by Crippen LogP contribution is 2.26. The van der Waals surface area contributed by atoms with Gasteiger partial charge in [-0.25, -0.2) is 0 Å². The van der Waals surface area contributed by atoms with Crippen LogP contribution >= 0.6 is 0 Å². The SMILES string of the molecule is CCCCCC/C=C/CCCCCCCC(=O)O[C@H](COC(=O)CCCCCCCCCCCC)CO[C@@H]1O[C@H](CO[C@@H]2O[C@H](CO)[C@H](O)C(O)C2O)[C@H](O)C(O)C1O. The Morgan fingerprint density at radius 1 is 0.525 bits per heavy atom. The Morgan fingerprint density at radius 3 is 1.51 bits per heavy atom. The van der Waals surface area contributed by atoms with Gasteiger partial charge in [-0.15, -0.1) is 0 Å². The van der Waals surface area contributed by atoms with Gasteiger partial charge < -0.3 is 64.2 Å². The van der Waals surface area contributed by atoms with Crippen molar-refractivity contribution in [2.45, 2.75) is 229 Å². The van der Waals surface area contributed by atoms with Crippen molar-refractivity contribution in [1.29, 1.82) is 0 Å². The number of aliphatic hydroxyl groups excluding tert-OH is 7. The minimum atomic E-state index is -1.76. The Kier molecular flexibility index (Phi) is 29.8. The van der Waals surface area contributed by atoms with Gasteiger partial charge in [0.15, 0.2) is 18.7 Å². The molecule has 4 unspecified atom stereocenters. The molecule has 11 atom stereocenters. The lowest BCUT2D eigenvalue weighted by molar-refractivity contribution is -0.332. The minimum Gasteiger partial charge on any atom is -0.462 e. The summed E-state index contributed by atoms with van der Waals surface area (Å²) in [6.45, 7) is 2.53. The molecular weight excluding hydrogens is 768 g/mol. The summed E-state index contributed by atoms with van der Waals surface area (Å²) in [6.07, 6.45) is 11.2. The number of carbonyl (C=O) groups is 2. The third-order valence-electron chi connectivity index (χ3n) is 11.0. The van der Waals surface area contributed by atoms with Gasteiger partial charge in [-0.05, 0) is 38.5 Å². The van der Waals surface area contributed by atoms with Gasteiger partial charge in [-0.1, -0.05) is 122 Å². The molecule has 0 aliphatic carbocycles. The second-order valence-corrected chi connectivity index (χ2v) is 16.2. The predicted octanol–water partition coefficient (Wildman–Crippen LogP) is 4.65. The Balaban J connectivity index is 1.87. The van der Waals surface area contributed by atoms with Gasteiger partial charge in [0.2, 0.25) is 0 Å². The number of esters is 2. The van der Waals surface area contributed by atoms with E-state index in [9.17, 15) is 45.3 Å². The molecule has 0 aromatic rings. The van der Waals surface area contributed by atoms with E-state index in [4.69, 9.17) is 28.4 Å². The van der Waals surface area contributed by atoms with E-state index >= 15 is 0 Å². The van der Waals surface area contributed by atoms with Crippen molar-refractivity contribution in [2.75, 3.05) is 26.4 Å². The van der Waals surface area contributed by atoms with Crippen LogP contribution in [0.5, 0.6) is 0 Å². The summed E-state index contributed by atoms with van der Waals surface area (Å²) in [5.41, 5.74) is 0. The minimum absolute atomic E-state index is 0.158. The molecule has 2 heterocycles. The molecule has 0 spiro atoms. The molecule has 2 saturated heterocycles. The number of rotatable bonds is 34. The number of hydrogen-bond acceptors (Lipinski definition) is 15. The number of ether oxygens (including phenoxy) is 6. The number of unbranched alkanes of at least 4 members (excludes halogenated alkanes) is 18. The predicted molar refractivity (Wildman–Crippen MR) is 220 cm³/mol. The third kappa shape index (κ3) is 22.2. The van der Waals surface area contributed by atoms with Crippen LogP contribution < -0.4 is 0 Å². The Labute approximate surface area is 352 Å². The highest BCUT2D eigenvalue weighted by molar-refractivity contribution is 5.70. The van der Waals surface area contributed by atoms with Gasteiger partial charge in [0.1, 0.15) is 55.4 Å². The van der Waals surface area contributed by atoms with Crippen molar-refractivity contribution in [2.24, 2.45) is 0 Å². The zero-order valence-electron chi connectivity index (χ0n) is 36.0. The van der Waals surface area contributed by atoms with Crippen LogP contribution in [0.15, 0.2) is 12.2 Å². The lowest BCUT2D eigenvalue weighted by Gasteiger charge is -2.42. The molecule has 0 saturated carbocycles. The maximum atomic E-state index is 12.9. The monoisotopic (exact) mass is 849 g/mol. The van der Waals surface area contributed by atoms with E-state index in [-0.39, 0.29) is 26.1 Å². The quantitative estimate of drug-likeness (QED) is 0.0266. The van der Waals surface area contributed by atoms with Crippen molar-refractivity contribution in [1.82, 2.24) is 0 Å². The average molecular weight is 849 g/mol. The fraction of sp³-hybridized carbons (Fsp3) is 0.909. The van der Waals surface area contributed by atoms with Gasteiger partial charge in [0.25, 0.3) is 0 Å². The summed E-state index contributed by atoms with van der Waals surface area (Å²) >= 11 is 0. The van der Waals surface area contributed by atoms with Gasteiger partial charge in [-0.2, -0.15) is 0 Å². The van der Waals surface area contributed by atoms with Crippen LogP contribution in [0.4, 0.5) is 0 Å².